The number of aryl methyl sites for hydroxylation is 1. The number of benzene rings is 1. The Labute approximate surface area is 112 Å². The Morgan fingerprint density at radius 1 is 1.42 bits per heavy atom. The van der Waals surface area contributed by atoms with E-state index in [1.807, 2.05) is 12.1 Å². The van der Waals surface area contributed by atoms with E-state index < -0.39 is 5.97 Å². The van der Waals surface area contributed by atoms with Gasteiger partial charge < -0.3 is 9.63 Å². The second kappa shape index (κ2) is 4.10. The molecule has 1 aromatic carbocycles. The smallest absolute Gasteiger partial charge is 0.374 e. The molecular weight excluding hydrogens is 270 g/mol. The lowest BCUT2D eigenvalue weighted by molar-refractivity contribution is 0.0652. The van der Waals surface area contributed by atoms with Crippen molar-refractivity contribution in [1.82, 2.24) is 14.9 Å². The van der Waals surface area contributed by atoms with Gasteiger partial charge in [-0.25, -0.2) is 4.79 Å². The van der Waals surface area contributed by atoms with E-state index in [-0.39, 0.29) is 5.76 Å². The van der Waals surface area contributed by atoms with Crippen LogP contribution in [0.4, 0.5) is 0 Å². The standard InChI is InChI=1S/C12H8ClN3O3/c1-16-9-3-2-6(4-7(9)11(13)14-16)8-5-10(12(17)18)19-15-8/h2-5H,1H3,(H,17,18). The van der Waals surface area contributed by atoms with Gasteiger partial charge in [0.05, 0.1) is 5.52 Å². The molecule has 0 saturated carbocycles. The van der Waals surface area contributed by atoms with Gasteiger partial charge in [-0.05, 0) is 12.1 Å². The predicted octanol–water partition coefficient (Wildman–Crippen LogP) is 2.58. The molecule has 96 valence electrons. The van der Waals surface area contributed by atoms with Crippen LogP contribution < -0.4 is 0 Å². The van der Waals surface area contributed by atoms with Crippen LogP contribution in [-0.4, -0.2) is 26.0 Å². The molecule has 3 rings (SSSR count). The number of halogens is 1. The summed E-state index contributed by atoms with van der Waals surface area (Å²) in [6.45, 7) is 0. The van der Waals surface area contributed by atoms with E-state index in [9.17, 15) is 4.79 Å². The van der Waals surface area contributed by atoms with Gasteiger partial charge in [0.2, 0.25) is 5.76 Å². The van der Waals surface area contributed by atoms with E-state index in [0.717, 1.165) is 16.5 Å². The summed E-state index contributed by atoms with van der Waals surface area (Å²) >= 11 is 6.02. The molecule has 0 aliphatic carbocycles. The fourth-order valence-electron chi connectivity index (χ4n) is 1.89. The van der Waals surface area contributed by atoms with E-state index in [1.165, 1.54) is 6.07 Å². The number of fused-ring (bicyclic) bond motifs is 1. The number of carboxylic acid groups (broad SMARTS) is 1. The van der Waals surface area contributed by atoms with Crippen molar-refractivity contribution in [1.29, 1.82) is 0 Å². The van der Waals surface area contributed by atoms with Gasteiger partial charge in [-0.2, -0.15) is 5.10 Å². The quantitative estimate of drug-likeness (QED) is 0.778. The van der Waals surface area contributed by atoms with Crippen LogP contribution in [0, 0.1) is 0 Å². The highest BCUT2D eigenvalue weighted by Gasteiger charge is 2.14. The zero-order chi connectivity index (χ0) is 13.6. The Hall–Kier alpha value is -2.34. The highest BCUT2D eigenvalue weighted by molar-refractivity contribution is 6.34. The molecule has 0 radical (unpaired) electrons. The van der Waals surface area contributed by atoms with Crippen LogP contribution in [-0.2, 0) is 7.05 Å². The van der Waals surface area contributed by atoms with Crippen molar-refractivity contribution in [2.24, 2.45) is 7.05 Å². The molecule has 0 bridgehead atoms. The van der Waals surface area contributed by atoms with Crippen LogP contribution in [0.15, 0.2) is 28.8 Å². The zero-order valence-corrected chi connectivity index (χ0v) is 10.5. The number of aromatic carboxylic acids is 1. The van der Waals surface area contributed by atoms with Crippen molar-refractivity contribution in [2.75, 3.05) is 0 Å². The zero-order valence-electron chi connectivity index (χ0n) is 9.79. The minimum Gasteiger partial charge on any atom is -0.475 e. The molecule has 0 unspecified atom stereocenters. The van der Waals surface area contributed by atoms with Gasteiger partial charge in [-0.1, -0.05) is 22.8 Å². The van der Waals surface area contributed by atoms with Gasteiger partial charge in [-0.3, -0.25) is 4.68 Å². The number of nitrogens with zero attached hydrogens (tertiary/aromatic N) is 3. The highest BCUT2D eigenvalue weighted by Crippen LogP contribution is 2.28. The maximum atomic E-state index is 10.7. The molecular formula is C12H8ClN3O3. The van der Waals surface area contributed by atoms with Crippen LogP contribution in [0.25, 0.3) is 22.2 Å². The van der Waals surface area contributed by atoms with Gasteiger partial charge >= 0.3 is 5.97 Å². The summed E-state index contributed by atoms with van der Waals surface area (Å²) in [4.78, 5) is 10.7. The molecule has 0 fully saturated rings. The molecule has 1 N–H and O–H groups in total. The largest absolute Gasteiger partial charge is 0.475 e. The SMILES string of the molecule is Cn1nc(Cl)c2cc(-c3cc(C(=O)O)on3)ccc21. The Bertz CT molecular complexity index is 791. The van der Waals surface area contributed by atoms with E-state index in [2.05, 4.69) is 10.3 Å². The predicted molar refractivity (Wildman–Crippen MR) is 68.2 cm³/mol. The fourth-order valence-corrected chi connectivity index (χ4v) is 2.16. The summed E-state index contributed by atoms with van der Waals surface area (Å²) in [5.74, 6) is -1.35. The maximum absolute atomic E-state index is 10.7. The van der Waals surface area contributed by atoms with E-state index in [0.29, 0.717) is 10.8 Å². The van der Waals surface area contributed by atoms with Crippen LogP contribution in [0.2, 0.25) is 5.15 Å². The second-order valence-corrected chi connectivity index (χ2v) is 4.39. The van der Waals surface area contributed by atoms with Crippen molar-refractivity contribution < 1.29 is 14.4 Å². The van der Waals surface area contributed by atoms with Gasteiger partial charge in [0.1, 0.15) is 5.69 Å². The van der Waals surface area contributed by atoms with Crippen molar-refractivity contribution in [3.8, 4) is 11.3 Å². The molecule has 19 heavy (non-hydrogen) atoms. The van der Waals surface area contributed by atoms with E-state index >= 15 is 0 Å². The Morgan fingerprint density at radius 3 is 2.89 bits per heavy atom. The lowest BCUT2D eigenvalue weighted by Gasteiger charge is -1.97. The average Bonchev–Trinajstić information content (AvgIpc) is 2.96. The first kappa shape index (κ1) is 11.7. The summed E-state index contributed by atoms with van der Waals surface area (Å²) in [5, 5.41) is 17.8. The molecule has 6 nitrogen and oxygen atoms in total. The van der Waals surface area contributed by atoms with Gasteiger partial charge in [0.25, 0.3) is 0 Å². The minimum absolute atomic E-state index is 0.201. The summed E-state index contributed by atoms with van der Waals surface area (Å²) in [6, 6.07) is 6.82. The highest BCUT2D eigenvalue weighted by atomic mass is 35.5. The van der Waals surface area contributed by atoms with Crippen LogP contribution in [0.1, 0.15) is 10.6 Å². The van der Waals surface area contributed by atoms with Crippen molar-refractivity contribution in [2.45, 2.75) is 0 Å². The first-order valence-corrected chi connectivity index (χ1v) is 5.76. The van der Waals surface area contributed by atoms with Crippen molar-refractivity contribution in [3.05, 3.63) is 35.2 Å². The fraction of sp³-hybridized carbons (Fsp3) is 0.0833. The molecule has 2 heterocycles. The topological polar surface area (TPSA) is 81.2 Å². The van der Waals surface area contributed by atoms with E-state index in [4.69, 9.17) is 21.2 Å². The number of hydrogen-bond donors (Lipinski definition) is 1. The molecule has 0 amide bonds. The average molecular weight is 278 g/mol. The van der Waals surface area contributed by atoms with Gasteiger partial charge in [-0.15, -0.1) is 0 Å². The number of aromatic nitrogens is 3. The maximum Gasteiger partial charge on any atom is 0.374 e. The third-order valence-electron chi connectivity index (χ3n) is 2.82. The first-order valence-electron chi connectivity index (χ1n) is 5.39. The number of carbonyl (C=O) groups is 1. The number of hydrogen-bond acceptors (Lipinski definition) is 4. The third kappa shape index (κ3) is 1.86. The summed E-state index contributed by atoms with van der Waals surface area (Å²) in [7, 11) is 1.80. The first-order chi connectivity index (χ1) is 9.06. The molecule has 0 aliphatic heterocycles. The molecule has 2 aromatic heterocycles. The van der Waals surface area contributed by atoms with Gasteiger partial charge in [0, 0.05) is 24.1 Å². The Balaban J connectivity index is 2.14. The molecule has 0 atom stereocenters. The summed E-state index contributed by atoms with van der Waals surface area (Å²) < 4.78 is 6.40. The normalized spacial score (nSPS) is 11.1. The Kier molecular flexibility index (Phi) is 2.53. The van der Waals surface area contributed by atoms with Crippen LogP contribution in [0.3, 0.4) is 0 Å². The van der Waals surface area contributed by atoms with Gasteiger partial charge in [0.15, 0.2) is 5.15 Å². The number of rotatable bonds is 2. The van der Waals surface area contributed by atoms with Crippen LogP contribution >= 0.6 is 11.6 Å². The minimum atomic E-state index is -1.15. The third-order valence-corrected chi connectivity index (χ3v) is 3.10. The summed E-state index contributed by atoms with van der Waals surface area (Å²) in [6.07, 6.45) is 0. The molecule has 3 aromatic rings. The van der Waals surface area contributed by atoms with Crippen molar-refractivity contribution in [3.63, 3.8) is 0 Å². The second-order valence-electron chi connectivity index (χ2n) is 4.03. The summed E-state index contributed by atoms with van der Waals surface area (Å²) in [5.41, 5.74) is 2.05. The molecule has 0 spiro atoms. The Morgan fingerprint density at radius 2 is 2.21 bits per heavy atom. The monoisotopic (exact) mass is 277 g/mol. The molecule has 0 aliphatic rings. The lowest BCUT2D eigenvalue weighted by Crippen LogP contribution is -1.91. The van der Waals surface area contributed by atoms with Crippen LogP contribution in [0.5, 0.6) is 0 Å². The number of carboxylic acids is 1. The van der Waals surface area contributed by atoms with Crippen molar-refractivity contribution >= 4 is 28.5 Å². The molecule has 7 heteroatoms. The molecule has 0 saturated heterocycles. The lowest BCUT2D eigenvalue weighted by atomic mass is 10.1. The van der Waals surface area contributed by atoms with E-state index in [1.54, 1.807) is 17.8 Å².